The minimum atomic E-state index is -3.59. The van der Waals surface area contributed by atoms with Crippen LogP contribution in [0, 0.1) is 12.7 Å². The fraction of sp³-hybridized carbons (Fsp3) is 0.269. The minimum absolute atomic E-state index is 0.245. The molecule has 3 heterocycles. The molecule has 198 valence electrons. The lowest BCUT2D eigenvalue weighted by atomic mass is 10.1. The summed E-state index contributed by atoms with van der Waals surface area (Å²) in [5.41, 5.74) is 2.30. The van der Waals surface area contributed by atoms with E-state index in [0.29, 0.717) is 42.8 Å². The molecule has 1 aliphatic rings. The molecule has 2 aromatic carbocycles. The topological polar surface area (TPSA) is 128 Å². The molecular weight excluding hydrogens is 507 g/mol. The summed E-state index contributed by atoms with van der Waals surface area (Å²) in [4.78, 5) is 16.3. The maximum Gasteiger partial charge on any atom is 0.243 e. The van der Waals surface area contributed by atoms with Gasteiger partial charge in [0.1, 0.15) is 17.5 Å². The van der Waals surface area contributed by atoms with E-state index in [1.54, 1.807) is 53.0 Å². The van der Waals surface area contributed by atoms with Crippen LogP contribution in [-0.2, 0) is 16.6 Å². The quantitative estimate of drug-likeness (QED) is 0.252. The van der Waals surface area contributed by atoms with Crippen LogP contribution in [0.15, 0.2) is 71.9 Å². The number of imidazole rings is 1. The molecule has 1 saturated heterocycles. The number of hydrogen-bond acceptors (Lipinski definition) is 8. The van der Waals surface area contributed by atoms with Gasteiger partial charge in [0.05, 0.1) is 10.6 Å². The molecule has 0 spiro atoms. The van der Waals surface area contributed by atoms with Crippen molar-refractivity contribution in [2.45, 2.75) is 37.2 Å². The second-order valence-electron chi connectivity index (χ2n) is 9.08. The van der Waals surface area contributed by atoms with Crippen molar-refractivity contribution in [3.05, 3.63) is 84.3 Å². The van der Waals surface area contributed by atoms with Crippen LogP contribution in [0.25, 0.3) is 0 Å². The average Bonchev–Trinajstić information content (AvgIpc) is 3.34. The molecular formula is C26H29FN8O2S. The van der Waals surface area contributed by atoms with E-state index < -0.39 is 10.0 Å². The van der Waals surface area contributed by atoms with E-state index in [1.165, 1.54) is 12.1 Å². The molecule has 0 bridgehead atoms. The van der Waals surface area contributed by atoms with Crippen LogP contribution in [0.3, 0.4) is 0 Å². The maximum absolute atomic E-state index is 13.2. The Labute approximate surface area is 220 Å². The number of anilines is 4. The highest BCUT2D eigenvalue weighted by Crippen LogP contribution is 2.24. The first-order chi connectivity index (χ1) is 18.3. The number of aryl methyl sites for hydroxylation is 1. The van der Waals surface area contributed by atoms with Gasteiger partial charge < -0.3 is 20.9 Å². The van der Waals surface area contributed by atoms with E-state index >= 15 is 0 Å². The number of rotatable bonds is 9. The van der Waals surface area contributed by atoms with Crippen LogP contribution in [0.1, 0.15) is 24.4 Å². The Bertz CT molecular complexity index is 1470. The molecule has 38 heavy (non-hydrogen) atoms. The van der Waals surface area contributed by atoms with Gasteiger partial charge in [-0.05, 0) is 74.4 Å². The van der Waals surface area contributed by atoms with Crippen LogP contribution in [0.5, 0.6) is 0 Å². The molecule has 0 saturated carbocycles. The van der Waals surface area contributed by atoms with Crippen molar-refractivity contribution in [1.29, 1.82) is 0 Å². The van der Waals surface area contributed by atoms with Crippen molar-refractivity contribution in [2.24, 2.45) is 0 Å². The van der Waals surface area contributed by atoms with E-state index in [1.807, 2.05) is 13.1 Å². The van der Waals surface area contributed by atoms with Crippen molar-refractivity contribution < 1.29 is 12.8 Å². The molecule has 2 aromatic heterocycles. The molecule has 4 N–H and O–H groups in total. The fourth-order valence-electron chi connectivity index (χ4n) is 4.27. The predicted molar refractivity (Wildman–Crippen MR) is 143 cm³/mol. The summed E-state index contributed by atoms with van der Waals surface area (Å²) in [5.74, 6) is 1.44. The highest BCUT2D eigenvalue weighted by molar-refractivity contribution is 7.89. The zero-order valence-electron chi connectivity index (χ0n) is 20.9. The van der Waals surface area contributed by atoms with Crippen LogP contribution < -0.4 is 16.0 Å². The number of benzene rings is 2. The summed E-state index contributed by atoms with van der Waals surface area (Å²) in [7, 11) is -3.59. The lowest BCUT2D eigenvalue weighted by Crippen LogP contribution is -2.44. The van der Waals surface area contributed by atoms with Crippen molar-refractivity contribution in [3.8, 4) is 0 Å². The first-order valence-electron chi connectivity index (χ1n) is 12.3. The smallest absolute Gasteiger partial charge is 0.243 e. The molecule has 0 aliphatic carbocycles. The van der Waals surface area contributed by atoms with Gasteiger partial charge in [0.2, 0.25) is 16.0 Å². The Kier molecular flexibility index (Phi) is 7.63. The summed E-state index contributed by atoms with van der Waals surface area (Å²) in [6, 6.07) is 14.5. The van der Waals surface area contributed by atoms with Crippen LogP contribution in [0.2, 0.25) is 0 Å². The lowest BCUT2D eigenvalue weighted by molar-refractivity contribution is 0.288. The summed E-state index contributed by atoms with van der Waals surface area (Å²) in [6.07, 6.45) is 4.95. The van der Waals surface area contributed by atoms with E-state index in [9.17, 15) is 12.8 Å². The fourth-order valence-corrected chi connectivity index (χ4v) is 5.74. The molecule has 1 aliphatic heterocycles. The molecule has 0 amide bonds. The van der Waals surface area contributed by atoms with Crippen molar-refractivity contribution in [1.82, 2.24) is 29.6 Å². The van der Waals surface area contributed by atoms with E-state index in [4.69, 9.17) is 0 Å². The second kappa shape index (κ2) is 11.3. The molecule has 0 radical (unpaired) electrons. The number of nitrogens with zero attached hydrogens (tertiary/aromatic N) is 4. The Hall–Kier alpha value is -3.87. The van der Waals surface area contributed by atoms with E-state index in [-0.39, 0.29) is 16.8 Å². The second-order valence-corrected chi connectivity index (χ2v) is 11.0. The molecule has 4 aromatic rings. The van der Waals surface area contributed by atoms with Crippen LogP contribution in [-0.4, -0.2) is 51.8 Å². The van der Waals surface area contributed by atoms with Crippen molar-refractivity contribution in [3.63, 3.8) is 0 Å². The molecule has 0 unspecified atom stereocenters. The van der Waals surface area contributed by atoms with Gasteiger partial charge in [0, 0.05) is 49.4 Å². The first kappa shape index (κ1) is 25.8. The van der Waals surface area contributed by atoms with Gasteiger partial charge in [-0.1, -0.05) is 0 Å². The number of H-pyrrole nitrogens is 1. The molecule has 5 rings (SSSR count). The third-order valence-electron chi connectivity index (χ3n) is 6.31. The van der Waals surface area contributed by atoms with Crippen molar-refractivity contribution in [2.75, 3.05) is 23.7 Å². The highest BCUT2D eigenvalue weighted by atomic mass is 32.2. The van der Waals surface area contributed by atoms with Crippen LogP contribution in [0.4, 0.5) is 27.5 Å². The predicted octanol–water partition coefficient (Wildman–Crippen LogP) is 4.08. The Morgan fingerprint density at radius 1 is 0.974 bits per heavy atom. The Morgan fingerprint density at radius 2 is 1.66 bits per heavy atom. The summed E-state index contributed by atoms with van der Waals surface area (Å²) in [6.45, 7) is 3.49. The third kappa shape index (κ3) is 6.33. The van der Waals surface area contributed by atoms with Gasteiger partial charge in [-0.15, -0.1) is 0 Å². The molecule has 10 nitrogen and oxygen atoms in total. The number of hydrogen-bond donors (Lipinski definition) is 4. The molecule has 1 fully saturated rings. The summed E-state index contributed by atoms with van der Waals surface area (Å²) < 4.78 is 41.1. The van der Waals surface area contributed by atoms with Crippen molar-refractivity contribution >= 4 is 33.2 Å². The van der Waals surface area contributed by atoms with Gasteiger partial charge in [-0.3, -0.25) is 0 Å². The van der Waals surface area contributed by atoms with Gasteiger partial charge >= 0.3 is 0 Å². The number of halogens is 1. The number of aromatic nitrogens is 4. The zero-order chi connectivity index (χ0) is 26.5. The molecule has 0 atom stereocenters. The summed E-state index contributed by atoms with van der Waals surface area (Å²) >= 11 is 0. The third-order valence-corrected chi connectivity index (χ3v) is 8.22. The highest BCUT2D eigenvalue weighted by Gasteiger charge is 2.29. The minimum Gasteiger partial charge on any atom is -0.348 e. The number of nitrogens with one attached hydrogen (secondary N) is 4. The first-order valence-corrected chi connectivity index (χ1v) is 13.8. The maximum atomic E-state index is 13.2. The van der Waals surface area contributed by atoms with E-state index in [0.717, 1.165) is 24.4 Å². The average molecular weight is 537 g/mol. The molecule has 12 heteroatoms. The van der Waals surface area contributed by atoms with E-state index in [2.05, 4.69) is 35.9 Å². The van der Waals surface area contributed by atoms with Crippen LogP contribution >= 0.6 is 0 Å². The monoisotopic (exact) mass is 536 g/mol. The van der Waals surface area contributed by atoms with Gasteiger partial charge in [0.15, 0.2) is 0 Å². The summed E-state index contributed by atoms with van der Waals surface area (Å²) in [5, 5.41) is 9.65. The SMILES string of the molecule is Cc1nc(CNC2CCN(S(=O)(=O)c3ccc(Nc4nccc(Nc5ccc(F)cc5)n4)cc3)CC2)c[nH]1. The Balaban J connectivity index is 1.16. The Morgan fingerprint density at radius 3 is 2.34 bits per heavy atom. The lowest BCUT2D eigenvalue weighted by Gasteiger charge is -2.31. The number of piperidine rings is 1. The largest absolute Gasteiger partial charge is 0.348 e. The van der Waals surface area contributed by atoms with Gasteiger partial charge in [-0.2, -0.15) is 9.29 Å². The standard InChI is InChI=1S/C26H29FN8O2S/c1-18-29-16-23(31-18)17-30-20-11-14-35(15-12-20)38(36,37)24-8-6-22(7-9-24)33-26-28-13-10-25(34-26)32-21-4-2-19(27)3-5-21/h2-10,13,16,20,30H,11-12,14-15,17H2,1H3,(H,29,31)(H2,28,32,33,34). The normalized spacial score (nSPS) is 14.9. The number of sulfonamides is 1. The van der Waals surface area contributed by atoms with Gasteiger partial charge in [-0.25, -0.2) is 22.8 Å². The number of aromatic amines is 1. The zero-order valence-corrected chi connectivity index (χ0v) is 21.7. The van der Waals surface area contributed by atoms with Gasteiger partial charge in [0.25, 0.3) is 0 Å².